The Morgan fingerprint density at radius 2 is 2.12 bits per heavy atom. The summed E-state index contributed by atoms with van der Waals surface area (Å²) in [4.78, 5) is 0.0278. The third-order valence-electron chi connectivity index (χ3n) is 2.01. The highest BCUT2D eigenvalue weighted by atomic mass is 35.5. The molecule has 0 saturated carbocycles. The van der Waals surface area contributed by atoms with Crippen LogP contribution in [0.2, 0.25) is 5.02 Å². The van der Waals surface area contributed by atoms with Crippen molar-refractivity contribution < 1.29 is 13.5 Å². The Labute approximate surface area is 100 Å². The molecule has 1 aromatic carbocycles. The van der Waals surface area contributed by atoms with Crippen molar-refractivity contribution in [2.24, 2.45) is 0 Å². The summed E-state index contributed by atoms with van der Waals surface area (Å²) in [6.07, 6.45) is 0. The van der Waals surface area contributed by atoms with Crippen molar-refractivity contribution in [3.63, 3.8) is 0 Å². The van der Waals surface area contributed by atoms with Crippen LogP contribution in [0.25, 0.3) is 0 Å². The maximum atomic E-state index is 11.8. The second-order valence-corrected chi connectivity index (χ2v) is 5.73. The van der Waals surface area contributed by atoms with Gasteiger partial charge in [-0.15, -0.1) is 0 Å². The average molecular weight is 264 g/mol. The second kappa shape index (κ2) is 5.14. The molecule has 0 aliphatic heterocycles. The Morgan fingerprint density at radius 1 is 1.50 bits per heavy atom. The SMILES string of the molecule is Cc1ccc(S(=O)(=O)N[C@H](C)CO)c(Cl)c1. The molecule has 0 saturated heterocycles. The number of rotatable bonds is 4. The van der Waals surface area contributed by atoms with E-state index in [1.54, 1.807) is 19.1 Å². The molecule has 1 atom stereocenters. The molecule has 1 aromatic rings. The van der Waals surface area contributed by atoms with Crippen LogP contribution in [0.5, 0.6) is 0 Å². The number of sulfonamides is 1. The molecule has 0 aliphatic carbocycles. The minimum absolute atomic E-state index is 0.0278. The maximum Gasteiger partial charge on any atom is 0.242 e. The van der Waals surface area contributed by atoms with E-state index in [4.69, 9.17) is 16.7 Å². The summed E-state index contributed by atoms with van der Waals surface area (Å²) in [7, 11) is -3.66. The van der Waals surface area contributed by atoms with E-state index in [9.17, 15) is 8.42 Å². The number of benzene rings is 1. The quantitative estimate of drug-likeness (QED) is 0.861. The van der Waals surface area contributed by atoms with E-state index < -0.39 is 16.1 Å². The molecule has 1 rings (SSSR count). The van der Waals surface area contributed by atoms with Crippen LogP contribution in [0.4, 0.5) is 0 Å². The van der Waals surface area contributed by atoms with Gasteiger partial charge in [0.25, 0.3) is 0 Å². The molecule has 0 fully saturated rings. The summed E-state index contributed by atoms with van der Waals surface area (Å²) in [6.45, 7) is 3.13. The minimum Gasteiger partial charge on any atom is -0.395 e. The highest BCUT2D eigenvalue weighted by Gasteiger charge is 2.19. The lowest BCUT2D eigenvalue weighted by atomic mass is 10.2. The molecule has 0 radical (unpaired) electrons. The van der Waals surface area contributed by atoms with Crippen LogP contribution in [-0.4, -0.2) is 26.2 Å². The molecule has 0 heterocycles. The van der Waals surface area contributed by atoms with Gasteiger partial charge >= 0.3 is 0 Å². The van der Waals surface area contributed by atoms with Crippen LogP contribution in [0.1, 0.15) is 12.5 Å². The van der Waals surface area contributed by atoms with Gasteiger partial charge in [-0.1, -0.05) is 17.7 Å². The molecule has 4 nitrogen and oxygen atoms in total. The van der Waals surface area contributed by atoms with Crippen LogP contribution in [0.15, 0.2) is 23.1 Å². The molecule has 90 valence electrons. The first-order valence-corrected chi connectivity index (χ1v) is 6.62. The van der Waals surface area contributed by atoms with Crippen LogP contribution in [0.3, 0.4) is 0 Å². The number of hydrogen-bond donors (Lipinski definition) is 2. The first kappa shape index (κ1) is 13.4. The molecular formula is C10H14ClNO3S. The summed E-state index contributed by atoms with van der Waals surface area (Å²) in [5.74, 6) is 0. The van der Waals surface area contributed by atoms with Crippen LogP contribution >= 0.6 is 11.6 Å². The molecular weight excluding hydrogens is 250 g/mol. The molecule has 16 heavy (non-hydrogen) atoms. The first-order valence-electron chi connectivity index (χ1n) is 4.76. The average Bonchev–Trinajstić information content (AvgIpc) is 2.16. The standard InChI is InChI=1S/C10H14ClNO3S/c1-7-3-4-10(9(11)5-7)16(14,15)12-8(2)6-13/h3-5,8,12-13H,6H2,1-2H3/t8-/m1/s1. The zero-order valence-corrected chi connectivity index (χ0v) is 10.6. The molecule has 0 unspecified atom stereocenters. The van der Waals surface area contributed by atoms with Gasteiger partial charge in [-0.05, 0) is 31.5 Å². The zero-order valence-electron chi connectivity index (χ0n) is 9.07. The normalized spacial score (nSPS) is 13.8. The van der Waals surface area contributed by atoms with E-state index in [0.717, 1.165) is 5.56 Å². The van der Waals surface area contributed by atoms with E-state index >= 15 is 0 Å². The second-order valence-electron chi connectivity index (χ2n) is 3.64. The monoisotopic (exact) mass is 263 g/mol. The van der Waals surface area contributed by atoms with E-state index in [-0.39, 0.29) is 16.5 Å². The lowest BCUT2D eigenvalue weighted by Gasteiger charge is -2.12. The highest BCUT2D eigenvalue weighted by Crippen LogP contribution is 2.22. The Morgan fingerprint density at radius 3 is 2.62 bits per heavy atom. The van der Waals surface area contributed by atoms with E-state index in [0.29, 0.717) is 0 Å². The summed E-state index contributed by atoms with van der Waals surface area (Å²) < 4.78 is 26.0. The van der Waals surface area contributed by atoms with E-state index in [1.807, 2.05) is 6.92 Å². The van der Waals surface area contributed by atoms with Gasteiger partial charge in [-0.3, -0.25) is 0 Å². The van der Waals surface area contributed by atoms with Gasteiger partial charge in [-0.25, -0.2) is 13.1 Å². The summed E-state index contributed by atoms with van der Waals surface area (Å²) >= 11 is 5.86. The summed E-state index contributed by atoms with van der Waals surface area (Å²) in [5, 5.41) is 8.98. The smallest absolute Gasteiger partial charge is 0.242 e. The molecule has 0 amide bonds. The van der Waals surface area contributed by atoms with Crippen molar-refractivity contribution in [2.75, 3.05) is 6.61 Å². The molecule has 2 N–H and O–H groups in total. The summed E-state index contributed by atoms with van der Waals surface area (Å²) in [6, 6.07) is 4.16. The van der Waals surface area contributed by atoms with Crippen molar-refractivity contribution in [2.45, 2.75) is 24.8 Å². The predicted molar refractivity (Wildman–Crippen MR) is 63.1 cm³/mol. The van der Waals surface area contributed by atoms with Crippen molar-refractivity contribution in [1.82, 2.24) is 4.72 Å². The van der Waals surface area contributed by atoms with Gasteiger partial charge in [0.1, 0.15) is 4.90 Å². The maximum absolute atomic E-state index is 11.8. The number of halogens is 1. The van der Waals surface area contributed by atoms with Crippen molar-refractivity contribution in [3.8, 4) is 0 Å². The van der Waals surface area contributed by atoms with Crippen LogP contribution < -0.4 is 4.72 Å². The van der Waals surface area contributed by atoms with Gasteiger partial charge in [0.2, 0.25) is 10.0 Å². The highest BCUT2D eigenvalue weighted by molar-refractivity contribution is 7.89. The number of aliphatic hydroxyl groups excluding tert-OH is 1. The lowest BCUT2D eigenvalue weighted by Crippen LogP contribution is -2.35. The van der Waals surface area contributed by atoms with Gasteiger partial charge < -0.3 is 5.11 Å². The number of aryl methyl sites for hydroxylation is 1. The molecule has 0 spiro atoms. The largest absolute Gasteiger partial charge is 0.395 e. The fourth-order valence-corrected chi connectivity index (χ4v) is 3.02. The zero-order chi connectivity index (χ0) is 12.3. The van der Waals surface area contributed by atoms with Crippen molar-refractivity contribution in [1.29, 1.82) is 0 Å². The van der Waals surface area contributed by atoms with Gasteiger partial charge in [0.15, 0.2) is 0 Å². The molecule has 0 aliphatic rings. The molecule has 0 aromatic heterocycles. The Balaban J connectivity index is 3.08. The topological polar surface area (TPSA) is 66.4 Å². The van der Waals surface area contributed by atoms with E-state index in [2.05, 4.69) is 4.72 Å². The van der Waals surface area contributed by atoms with Crippen molar-refractivity contribution in [3.05, 3.63) is 28.8 Å². The lowest BCUT2D eigenvalue weighted by molar-refractivity contribution is 0.265. The van der Waals surface area contributed by atoms with Gasteiger partial charge in [0.05, 0.1) is 11.6 Å². The van der Waals surface area contributed by atoms with Crippen LogP contribution in [-0.2, 0) is 10.0 Å². The predicted octanol–water partition coefficient (Wildman–Crippen LogP) is 1.31. The fourth-order valence-electron chi connectivity index (χ4n) is 1.19. The Kier molecular flexibility index (Phi) is 4.32. The molecule has 0 bridgehead atoms. The number of hydrogen-bond acceptors (Lipinski definition) is 3. The fraction of sp³-hybridized carbons (Fsp3) is 0.400. The van der Waals surface area contributed by atoms with Crippen LogP contribution in [0, 0.1) is 6.92 Å². The van der Waals surface area contributed by atoms with E-state index in [1.165, 1.54) is 6.07 Å². The third-order valence-corrected chi connectivity index (χ3v) is 4.08. The van der Waals surface area contributed by atoms with Gasteiger partial charge in [-0.2, -0.15) is 0 Å². The third kappa shape index (κ3) is 3.18. The Bertz CT molecular complexity index is 473. The molecule has 6 heteroatoms. The summed E-state index contributed by atoms with van der Waals surface area (Å²) in [5.41, 5.74) is 0.888. The minimum atomic E-state index is -3.66. The van der Waals surface area contributed by atoms with Gasteiger partial charge in [0, 0.05) is 6.04 Å². The Hall–Kier alpha value is -0.620. The number of aliphatic hydroxyl groups is 1. The number of nitrogens with one attached hydrogen (secondary N) is 1. The van der Waals surface area contributed by atoms with Crippen molar-refractivity contribution >= 4 is 21.6 Å². The first-order chi connectivity index (χ1) is 7.36.